The van der Waals surface area contributed by atoms with Gasteiger partial charge in [0.1, 0.15) is 0 Å². The van der Waals surface area contributed by atoms with E-state index >= 15 is 0 Å². The Morgan fingerprint density at radius 2 is 1.40 bits per heavy atom. The van der Waals surface area contributed by atoms with Crippen LogP contribution in [0.3, 0.4) is 0 Å². The van der Waals surface area contributed by atoms with Gasteiger partial charge in [-0.2, -0.15) is 0 Å². The zero-order chi connectivity index (χ0) is 13.5. The van der Waals surface area contributed by atoms with Crippen molar-refractivity contribution >= 4 is 12.2 Å². The lowest BCUT2D eigenvalue weighted by Crippen LogP contribution is -2.41. The first-order valence-corrected chi connectivity index (χ1v) is 7.27. The molecule has 6 rings (SSSR count). The number of fused-ring (bicyclic) bond motifs is 1. The lowest BCUT2D eigenvalue weighted by molar-refractivity contribution is -0.146. The van der Waals surface area contributed by atoms with E-state index in [4.69, 9.17) is 9.47 Å². The maximum absolute atomic E-state index is 6.16. The molecule has 1 fully saturated rings. The first-order valence-electron chi connectivity index (χ1n) is 7.27. The van der Waals surface area contributed by atoms with Crippen molar-refractivity contribution in [2.45, 2.75) is 43.7 Å². The van der Waals surface area contributed by atoms with Gasteiger partial charge < -0.3 is 9.47 Å². The largest absolute Gasteiger partial charge is 0.344 e. The van der Waals surface area contributed by atoms with Crippen LogP contribution in [-0.4, -0.2) is 18.0 Å². The van der Waals surface area contributed by atoms with Gasteiger partial charge in [-0.25, -0.2) is 0 Å². The maximum atomic E-state index is 6.16. The van der Waals surface area contributed by atoms with Gasteiger partial charge in [-0.1, -0.05) is 12.2 Å². The second-order valence-corrected chi connectivity index (χ2v) is 6.57. The summed E-state index contributed by atoms with van der Waals surface area (Å²) in [6.07, 6.45) is 9.05. The molecule has 1 heterocycles. The molecular formula is C18H16O2. The number of hydrogen-bond donors (Lipinski definition) is 0. The van der Waals surface area contributed by atoms with E-state index in [1.54, 1.807) is 0 Å². The molecule has 2 nitrogen and oxygen atoms in total. The van der Waals surface area contributed by atoms with Crippen LogP contribution in [-0.2, 0) is 9.47 Å². The molecule has 1 aromatic rings. The molecule has 4 aliphatic carbocycles. The van der Waals surface area contributed by atoms with Crippen LogP contribution in [0.25, 0.3) is 12.2 Å². The summed E-state index contributed by atoms with van der Waals surface area (Å²) < 4.78 is 12.3. The minimum atomic E-state index is -0.470. The summed E-state index contributed by atoms with van der Waals surface area (Å²) in [5, 5.41) is 0. The van der Waals surface area contributed by atoms with E-state index in [-0.39, 0.29) is 12.2 Å². The second kappa shape index (κ2) is 3.35. The van der Waals surface area contributed by atoms with Gasteiger partial charge in [-0.05, 0) is 60.4 Å². The highest BCUT2D eigenvalue weighted by Crippen LogP contribution is 2.53. The molecule has 0 aromatic heterocycles. The fourth-order valence-corrected chi connectivity index (χ4v) is 4.11. The average molecular weight is 264 g/mol. The average Bonchev–Trinajstić information content (AvgIpc) is 2.98. The quantitative estimate of drug-likeness (QED) is 0.534. The summed E-state index contributed by atoms with van der Waals surface area (Å²) in [4.78, 5) is 0. The maximum Gasteiger partial charge on any atom is 0.163 e. The van der Waals surface area contributed by atoms with Gasteiger partial charge >= 0.3 is 0 Å². The standard InChI is InChI=1S/C18H16O2/c1-18(2)19-16-12-6-7-13(17(16)20-18)15-9-11-5-3-4-10(11)8-14(12)15/h4-9,12-13,16-17H,1-2H3. The summed E-state index contributed by atoms with van der Waals surface area (Å²) >= 11 is 0. The molecule has 20 heavy (non-hydrogen) atoms. The molecular weight excluding hydrogens is 248 g/mol. The SMILES string of the molecule is CC1(C)OC2C3C=CC(c4cc5c(cc43)C=C=C5)C2O1. The first-order chi connectivity index (χ1) is 9.62. The van der Waals surface area contributed by atoms with Gasteiger partial charge in [0.05, 0.1) is 12.2 Å². The highest BCUT2D eigenvalue weighted by molar-refractivity contribution is 5.75. The fourth-order valence-electron chi connectivity index (χ4n) is 4.11. The van der Waals surface area contributed by atoms with Crippen molar-refractivity contribution < 1.29 is 9.47 Å². The fraction of sp³-hybridized carbons (Fsp3) is 0.389. The van der Waals surface area contributed by atoms with Crippen LogP contribution < -0.4 is 0 Å². The summed E-state index contributed by atoms with van der Waals surface area (Å²) in [5.41, 5.74) is 8.56. The zero-order valence-electron chi connectivity index (χ0n) is 11.6. The van der Waals surface area contributed by atoms with E-state index in [0.29, 0.717) is 11.8 Å². The van der Waals surface area contributed by atoms with Gasteiger partial charge in [-0.3, -0.25) is 0 Å². The van der Waals surface area contributed by atoms with Crippen LogP contribution in [0.15, 0.2) is 30.0 Å². The van der Waals surface area contributed by atoms with E-state index < -0.39 is 5.79 Å². The van der Waals surface area contributed by atoms with E-state index in [2.05, 4.69) is 42.2 Å². The Bertz CT molecular complexity index is 664. The third-order valence-electron chi connectivity index (χ3n) is 4.88. The predicted octanol–water partition coefficient (Wildman–Crippen LogP) is 3.60. The minimum Gasteiger partial charge on any atom is -0.344 e. The summed E-state index contributed by atoms with van der Waals surface area (Å²) in [6.45, 7) is 4.03. The smallest absolute Gasteiger partial charge is 0.163 e. The number of benzene rings is 1. The van der Waals surface area contributed by atoms with Crippen molar-refractivity contribution in [2.24, 2.45) is 0 Å². The Morgan fingerprint density at radius 3 is 1.90 bits per heavy atom. The van der Waals surface area contributed by atoms with Crippen LogP contribution in [0.1, 0.15) is 47.9 Å². The first kappa shape index (κ1) is 11.1. The van der Waals surface area contributed by atoms with E-state index in [9.17, 15) is 0 Å². The molecule has 5 aliphatic rings. The molecule has 0 spiro atoms. The highest BCUT2D eigenvalue weighted by atomic mass is 16.8. The van der Waals surface area contributed by atoms with Crippen LogP contribution in [0.5, 0.6) is 0 Å². The zero-order valence-corrected chi connectivity index (χ0v) is 11.6. The lowest BCUT2D eigenvalue weighted by atomic mass is 9.67. The van der Waals surface area contributed by atoms with Crippen molar-refractivity contribution in [3.05, 3.63) is 52.3 Å². The Balaban J connectivity index is 1.69. The van der Waals surface area contributed by atoms with E-state index in [0.717, 1.165) is 0 Å². The molecule has 2 heteroatoms. The molecule has 100 valence electrons. The second-order valence-electron chi connectivity index (χ2n) is 6.57. The topological polar surface area (TPSA) is 18.5 Å². The summed E-state index contributed by atoms with van der Waals surface area (Å²) in [6, 6.07) is 4.63. The molecule has 4 atom stereocenters. The van der Waals surface area contributed by atoms with Crippen LogP contribution in [0.2, 0.25) is 0 Å². The van der Waals surface area contributed by atoms with Crippen LogP contribution in [0, 0.1) is 0 Å². The molecule has 1 aromatic carbocycles. The molecule has 1 aliphatic heterocycles. The molecule has 1 saturated heterocycles. The monoisotopic (exact) mass is 264 g/mol. The van der Waals surface area contributed by atoms with Gasteiger partial charge in [0.25, 0.3) is 0 Å². The number of hydrogen-bond acceptors (Lipinski definition) is 2. The Labute approximate surface area is 118 Å². The van der Waals surface area contributed by atoms with Gasteiger partial charge in [0.15, 0.2) is 5.79 Å². The Kier molecular flexibility index (Phi) is 1.86. The summed E-state index contributed by atoms with van der Waals surface area (Å²) in [5.74, 6) is 0.171. The van der Waals surface area contributed by atoms with E-state index in [1.165, 1.54) is 22.3 Å². The van der Waals surface area contributed by atoms with Crippen molar-refractivity contribution in [2.75, 3.05) is 0 Å². The van der Waals surface area contributed by atoms with Crippen molar-refractivity contribution in [3.8, 4) is 0 Å². The minimum absolute atomic E-state index is 0.156. The van der Waals surface area contributed by atoms with Gasteiger partial charge in [0, 0.05) is 11.8 Å². The predicted molar refractivity (Wildman–Crippen MR) is 77.3 cm³/mol. The van der Waals surface area contributed by atoms with Crippen molar-refractivity contribution in [1.29, 1.82) is 0 Å². The number of ether oxygens (including phenoxy) is 2. The normalized spacial score (nSPS) is 37.1. The third kappa shape index (κ3) is 1.27. The van der Waals surface area contributed by atoms with Crippen LogP contribution in [0.4, 0.5) is 0 Å². The Hall–Kier alpha value is -1.60. The van der Waals surface area contributed by atoms with Crippen molar-refractivity contribution in [1.82, 2.24) is 0 Å². The molecule has 0 saturated carbocycles. The number of rotatable bonds is 0. The molecule has 0 N–H and O–H groups in total. The van der Waals surface area contributed by atoms with E-state index in [1.807, 2.05) is 13.8 Å². The highest BCUT2D eigenvalue weighted by Gasteiger charge is 2.53. The Morgan fingerprint density at radius 1 is 0.900 bits per heavy atom. The van der Waals surface area contributed by atoms with Crippen LogP contribution >= 0.6 is 0 Å². The van der Waals surface area contributed by atoms with Crippen molar-refractivity contribution in [3.63, 3.8) is 0 Å². The van der Waals surface area contributed by atoms with Gasteiger partial charge in [-0.15, -0.1) is 5.73 Å². The third-order valence-corrected chi connectivity index (χ3v) is 4.88. The molecule has 4 unspecified atom stereocenters. The van der Waals surface area contributed by atoms with Gasteiger partial charge in [0.2, 0.25) is 0 Å². The lowest BCUT2D eigenvalue weighted by Gasteiger charge is -2.41. The molecule has 0 radical (unpaired) electrons. The molecule has 0 amide bonds. The summed E-state index contributed by atoms with van der Waals surface area (Å²) in [7, 11) is 0. The molecule has 2 bridgehead atoms.